The highest BCUT2D eigenvalue weighted by Crippen LogP contribution is 2.29. The van der Waals surface area contributed by atoms with Crippen molar-refractivity contribution in [3.8, 4) is 5.69 Å². The molecule has 33 heavy (non-hydrogen) atoms. The van der Waals surface area contributed by atoms with E-state index in [4.69, 9.17) is 10.7 Å². The molecule has 6 rings (SSSR count). The Hall–Kier alpha value is -4.45. The second-order valence-electron chi connectivity index (χ2n) is 8.28. The van der Waals surface area contributed by atoms with Crippen LogP contribution in [0.25, 0.3) is 22.8 Å². The lowest BCUT2D eigenvalue weighted by Crippen LogP contribution is -2.08. The molecule has 2 heterocycles. The first-order chi connectivity index (χ1) is 16.2. The number of ketones is 1. The highest BCUT2D eigenvalue weighted by atomic mass is 16.1. The number of imidazole rings is 1. The summed E-state index contributed by atoms with van der Waals surface area (Å²) in [6.07, 6.45) is 4.84. The predicted octanol–water partition coefficient (Wildman–Crippen LogP) is 4.74. The molecule has 160 valence electrons. The molecule has 0 spiro atoms. The predicted molar refractivity (Wildman–Crippen MR) is 129 cm³/mol. The molecule has 3 N–H and O–H groups in total. The average Bonchev–Trinajstić information content (AvgIpc) is 3.54. The van der Waals surface area contributed by atoms with Gasteiger partial charge in [0.25, 0.3) is 0 Å². The minimum Gasteiger partial charge on any atom is -0.383 e. The number of H-pyrrole nitrogens is 1. The molecule has 1 aliphatic rings. The Morgan fingerprint density at radius 2 is 1.85 bits per heavy atom. The summed E-state index contributed by atoms with van der Waals surface area (Å²) >= 11 is 0. The van der Waals surface area contributed by atoms with Crippen LogP contribution in [0, 0.1) is 0 Å². The van der Waals surface area contributed by atoms with E-state index in [0.29, 0.717) is 17.8 Å². The molecule has 0 bridgehead atoms. The number of nitrogens with two attached hydrogens (primary N) is 1. The number of fused-ring (bicyclic) bond motifs is 2. The van der Waals surface area contributed by atoms with Crippen LogP contribution < -0.4 is 5.73 Å². The normalized spacial score (nSPS) is 12.7. The van der Waals surface area contributed by atoms with Gasteiger partial charge in [0, 0.05) is 18.4 Å². The summed E-state index contributed by atoms with van der Waals surface area (Å²) in [4.78, 5) is 21.2. The summed E-state index contributed by atoms with van der Waals surface area (Å²) in [5.41, 5.74) is 13.5. The van der Waals surface area contributed by atoms with E-state index < -0.39 is 0 Å². The molecule has 2 aromatic heterocycles. The molecule has 3 aromatic carbocycles. The van der Waals surface area contributed by atoms with Gasteiger partial charge in [-0.3, -0.25) is 4.79 Å². The molecule has 1 aliphatic carbocycles. The lowest BCUT2D eigenvalue weighted by Gasteiger charge is -2.05. The number of allylic oxidation sites excluding steroid dienone is 1. The monoisotopic (exact) mass is 431 g/mol. The molecule has 0 unspecified atom stereocenters. The molecule has 0 aliphatic heterocycles. The van der Waals surface area contributed by atoms with Gasteiger partial charge in [-0.15, -0.1) is 0 Å². The summed E-state index contributed by atoms with van der Waals surface area (Å²) in [5, 5.41) is 4.42. The zero-order valence-electron chi connectivity index (χ0n) is 17.8. The first-order valence-corrected chi connectivity index (χ1v) is 10.9. The van der Waals surface area contributed by atoms with Crippen LogP contribution in [-0.2, 0) is 12.8 Å². The number of anilines is 1. The van der Waals surface area contributed by atoms with E-state index in [1.807, 2.05) is 66.7 Å². The van der Waals surface area contributed by atoms with Gasteiger partial charge in [-0.05, 0) is 41.0 Å². The number of aromatic amines is 1. The number of carbonyl (C=O) groups is 1. The first kappa shape index (κ1) is 19.3. The van der Waals surface area contributed by atoms with Crippen LogP contribution in [0.5, 0.6) is 0 Å². The standard InChI is InChI=1S/C27H21N5O/c28-27-22(26(33)20-13-18-8-4-5-9-19(18)14-20)16-29-32(27)21-10-11-23-24(15-21)31-25(30-23)12-17-6-2-1-3-7-17/h1-11,13,15-16H,12,14,28H2,(H,30,31). The van der Waals surface area contributed by atoms with Crippen molar-refractivity contribution in [3.63, 3.8) is 0 Å². The number of benzene rings is 3. The van der Waals surface area contributed by atoms with Crippen LogP contribution in [0.4, 0.5) is 5.82 Å². The van der Waals surface area contributed by atoms with Crippen molar-refractivity contribution in [1.82, 2.24) is 19.7 Å². The quantitative estimate of drug-likeness (QED) is 0.393. The fraction of sp³-hybridized carbons (Fsp3) is 0.0741. The van der Waals surface area contributed by atoms with E-state index in [-0.39, 0.29) is 5.78 Å². The summed E-state index contributed by atoms with van der Waals surface area (Å²) in [6.45, 7) is 0. The molecule has 0 fully saturated rings. The van der Waals surface area contributed by atoms with Gasteiger partial charge in [0.15, 0.2) is 5.78 Å². The van der Waals surface area contributed by atoms with E-state index >= 15 is 0 Å². The smallest absolute Gasteiger partial charge is 0.194 e. The molecule has 0 atom stereocenters. The number of nitrogens with zero attached hydrogens (tertiary/aromatic N) is 3. The van der Waals surface area contributed by atoms with E-state index in [9.17, 15) is 4.79 Å². The zero-order valence-corrected chi connectivity index (χ0v) is 17.8. The molecule has 0 amide bonds. The first-order valence-electron chi connectivity index (χ1n) is 10.9. The fourth-order valence-electron chi connectivity index (χ4n) is 4.39. The highest BCUT2D eigenvalue weighted by molar-refractivity contribution is 6.15. The van der Waals surface area contributed by atoms with Gasteiger partial charge in [-0.1, -0.05) is 54.6 Å². The summed E-state index contributed by atoms with van der Waals surface area (Å²) in [5.74, 6) is 1.15. The van der Waals surface area contributed by atoms with Gasteiger partial charge in [0.05, 0.1) is 28.5 Å². The van der Waals surface area contributed by atoms with Crippen LogP contribution in [0.15, 0.2) is 84.6 Å². The molecule has 6 nitrogen and oxygen atoms in total. The van der Waals surface area contributed by atoms with Gasteiger partial charge < -0.3 is 10.7 Å². The number of nitrogen functional groups attached to an aromatic ring is 1. The topological polar surface area (TPSA) is 89.6 Å². The number of aromatic nitrogens is 4. The van der Waals surface area contributed by atoms with Gasteiger partial charge >= 0.3 is 0 Å². The van der Waals surface area contributed by atoms with Gasteiger partial charge in [-0.2, -0.15) is 5.10 Å². The minimum atomic E-state index is -0.0808. The number of hydrogen-bond acceptors (Lipinski definition) is 4. The maximum Gasteiger partial charge on any atom is 0.194 e. The van der Waals surface area contributed by atoms with Crippen molar-refractivity contribution in [2.45, 2.75) is 12.8 Å². The van der Waals surface area contributed by atoms with Crippen molar-refractivity contribution in [2.75, 3.05) is 5.73 Å². The highest BCUT2D eigenvalue weighted by Gasteiger charge is 2.23. The third-order valence-electron chi connectivity index (χ3n) is 6.08. The molecule has 6 heteroatoms. The number of nitrogens with one attached hydrogen (secondary N) is 1. The van der Waals surface area contributed by atoms with E-state index in [0.717, 1.165) is 45.7 Å². The molecule has 0 saturated heterocycles. The minimum absolute atomic E-state index is 0.0808. The lowest BCUT2D eigenvalue weighted by atomic mass is 10.0. The SMILES string of the molecule is Nc1c(C(=O)C2=Cc3ccccc3C2)cnn1-c1ccc2nc(Cc3ccccc3)[nH]c2c1. The fourth-order valence-corrected chi connectivity index (χ4v) is 4.39. The zero-order chi connectivity index (χ0) is 22.4. The Morgan fingerprint density at radius 3 is 2.70 bits per heavy atom. The van der Waals surface area contributed by atoms with E-state index in [1.54, 1.807) is 10.9 Å². The van der Waals surface area contributed by atoms with Crippen LogP contribution in [0.3, 0.4) is 0 Å². The Balaban J connectivity index is 1.29. The van der Waals surface area contributed by atoms with Crippen LogP contribution >= 0.6 is 0 Å². The summed E-state index contributed by atoms with van der Waals surface area (Å²) < 4.78 is 1.60. The largest absolute Gasteiger partial charge is 0.383 e. The van der Waals surface area contributed by atoms with Crippen molar-refractivity contribution in [1.29, 1.82) is 0 Å². The van der Waals surface area contributed by atoms with Crippen molar-refractivity contribution < 1.29 is 4.79 Å². The number of Topliss-reactive ketones (excluding diaryl/α,β-unsaturated/α-hetero) is 1. The second-order valence-corrected chi connectivity index (χ2v) is 8.28. The van der Waals surface area contributed by atoms with Gasteiger partial charge in [0.2, 0.25) is 0 Å². The Bertz CT molecular complexity index is 1540. The maximum absolute atomic E-state index is 13.2. The Morgan fingerprint density at radius 1 is 1.03 bits per heavy atom. The number of hydrogen-bond donors (Lipinski definition) is 2. The Labute approximate surface area is 190 Å². The van der Waals surface area contributed by atoms with Gasteiger partial charge in [0.1, 0.15) is 11.6 Å². The average molecular weight is 431 g/mol. The number of carbonyl (C=O) groups excluding carboxylic acids is 1. The third-order valence-corrected chi connectivity index (χ3v) is 6.08. The molecular weight excluding hydrogens is 410 g/mol. The second kappa shape index (κ2) is 7.60. The van der Waals surface area contributed by atoms with Crippen molar-refractivity contribution in [2.24, 2.45) is 0 Å². The molecule has 5 aromatic rings. The Kier molecular flexibility index (Phi) is 4.43. The van der Waals surface area contributed by atoms with E-state index in [1.165, 1.54) is 5.56 Å². The summed E-state index contributed by atoms with van der Waals surface area (Å²) in [7, 11) is 0. The molecule has 0 saturated carbocycles. The number of rotatable bonds is 5. The lowest BCUT2D eigenvalue weighted by molar-refractivity contribution is 0.103. The van der Waals surface area contributed by atoms with E-state index in [2.05, 4.69) is 22.2 Å². The maximum atomic E-state index is 13.2. The van der Waals surface area contributed by atoms with Crippen LogP contribution in [0.2, 0.25) is 0 Å². The third kappa shape index (κ3) is 3.42. The molecular formula is C27H21N5O. The van der Waals surface area contributed by atoms with Crippen LogP contribution in [0.1, 0.15) is 32.9 Å². The molecule has 0 radical (unpaired) electrons. The summed E-state index contributed by atoms with van der Waals surface area (Å²) in [6, 6.07) is 24.1. The van der Waals surface area contributed by atoms with Crippen molar-refractivity contribution in [3.05, 3.63) is 113 Å². The van der Waals surface area contributed by atoms with Gasteiger partial charge in [-0.25, -0.2) is 9.67 Å². The van der Waals surface area contributed by atoms with Crippen LogP contribution in [-0.4, -0.2) is 25.5 Å². The van der Waals surface area contributed by atoms with Crippen molar-refractivity contribution >= 4 is 28.7 Å².